The lowest BCUT2D eigenvalue weighted by atomic mass is 10.0. The number of benzene rings is 5. The van der Waals surface area contributed by atoms with Crippen molar-refractivity contribution in [3.05, 3.63) is 146 Å². The van der Waals surface area contributed by atoms with Crippen molar-refractivity contribution in [2.24, 2.45) is 0 Å². The van der Waals surface area contributed by atoms with Crippen molar-refractivity contribution in [2.75, 3.05) is 0 Å². The Balaban J connectivity index is 1.15. The van der Waals surface area contributed by atoms with Crippen molar-refractivity contribution in [1.29, 1.82) is 0 Å². The molecule has 3 aromatic heterocycles. The Morgan fingerprint density at radius 3 is 2.29 bits per heavy atom. The van der Waals surface area contributed by atoms with E-state index in [4.69, 9.17) is 4.74 Å². The molecule has 8 aromatic rings. The van der Waals surface area contributed by atoms with Crippen molar-refractivity contribution >= 4 is 32.6 Å². The van der Waals surface area contributed by atoms with Crippen LogP contribution in [-0.2, 0) is 0 Å². The van der Waals surface area contributed by atoms with Crippen LogP contribution in [0.4, 0.5) is 0 Å². The quantitative estimate of drug-likeness (QED) is 0.224. The largest absolute Gasteiger partial charge is 0.457 e. The van der Waals surface area contributed by atoms with Crippen LogP contribution in [-0.4, -0.2) is 19.3 Å². The Hall–Kier alpha value is -5.68. The summed E-state index contributed by atoms with van der Waals surface area (Å²) in [6.45, 7) is 0. The van der Waals surface area contributed by atoms with Crippen molar-refractivity contribution < 1.29 is 4.74 Å². The summed E-state index contributed by atoms with van der Waals surface area (Å²) in [5, 5.41) is 9.45. The number of rotatable bonds is 5. The number of nitrogens with zero attached hydrogens (tertiary/aromatic N) is 4. The molecule has 0 N–H and O–H groups in total. The first-order chi connectivity index (χ1) is 20.3. The van der Waals surface area contributed by atoms with Crippen molar-refractivity contribution in [2.45, 2.75) is 0 Å². The second kappa shape index (κ2) is 9.50. The van der Waals surface area contributed by atoms with Gasteiger partial charge < -0.3 is 4.74 Å². The molecule has 0 fully saturated rings. The van der Waals surface area contributed by atoms with Gasteiger partial charge in [0, 0.05) is 40.9 Å². The van der Waals surface area contributed by atoms with Crippen molar-refractivity contribution in [3.63, 3.8) is 0 Å². The number of aromatic nitrogens is 4. The first-order valence-electron chi connectivity index (χ1n) is 13.6. The third-order valence-electron chi connectivity index (χ3n) is 7.52. The van der Waals surface area contributed by atoms with Crippen LogP contribution in [0, 0.1) is 0 Å². The summed E-state index contributed by atoms with van der Waals surface area (Å²) < 4.78 is 10.5. The lowest BCUT2D eigenvalue weighted by Crippen LogP contribution is -1.96. The fraction of sp³-hybridized carbons (Fsp3) is 0. The molecule has 0 aliphatic carbocycles. The second-order valence-corrected chi connectivity index (χ2v) is 10.0. The molecule has 0 saturated carbocycles. The standard InChI is InChI=1S/C36H24N4O/c1-2-13-30-25(9-1)10-7-15-31(30)26-23-38-39(24-26)27-11-8-12-28(21-27)41-29-18-19-33-32-14-3-4-16-34(32)40(35(33)22-29)36-17-5-6-20-37-36/h1-24H. The monoisotopic (exact) mass is 528 g/mol. The zero-order chi connectivity index (χ0) is 27.2. The highest BCUT2D eigenvalue weighted by atomic mass is 16.5. The zero-order valence-electron chi connectivity index (χ0n) is 22.1. The molecule has 194 valence electrons. The molecule has 0 atom stereocenters. The predicted octanol–water partition coefficient (Wildman–Crippen LogP) is 8.98. The van der Waals surface area contributed by atoms with E-state index >= 15 is 0 Å². The summed E-state index contributed by atoms with van der Waals surface area (Å²) in [4.78, 5) is 4.63. The van der Waals surface area contributed by atoms with Crippen LogP contribution >= 0.6 is 0 Å². The fourth-order valence-electron chi connectivity index (χ4n) is 5.65. The Labute approximate surface area is 236 Å². The Morgan fingerprint density at radius 2 is 1.37 bits per heavy atom. The minimum Gasteiger partial charge on any atom is -0.457 e. The summed E-state index contributed by atoms with van der Waals surface area (Å²) in [6, 6.07) is 43.4. The molecule has 0 radical (unpaired) electrons. The summed E-state index contributed by atoms with van der Waals surface area (Å²) in [5.41, 5.74) is 5.32. The number of hydrogen-bond acceptors (Lipinski definition) is 3. The van der Waals surface area contributed by atoms with Crippen LogP contribution in [0.1, 0.15) is 0 Å². The van der Waals surface area contributed by atoms with E-state index in [9.17, 15) is 0 Å². The molecule has 41 heavy (non-hydrogen) atoms. The molecular formula is C36H24N4O. The second-order valence-electron chi connectivity index (χ2n) is 10.0. The van der Waals surface area contributed by atoms with Gasteiger partial charge in [-0.1, -0.05) is 72.8 Å². The molecule has 0 aliphatic rings. The first kappa shape index (κ1) is 23.2. The highest BCUT2D eigenvalue weighted by Crippen LogP contribution is 2.35. The molecular weight excluding hydrogens is 504 g/mol. The molecule has 8 rings (SSSR count). The smallest absolute Gasteiger partial charge is 0.137 e. The summed E-state index contributed by atoms with van der Waals surface area (Å²) in [6.07, 6.45) is 5.81. The number of ether oxygens (including phenoxy) is 1. The predicted molar refractivity (Wildman–Crippen MR) is 165 cm³/mol. The van der Waals surface area contributed by atoms with Gasteiger partial charge in [-0.3, -0.25) is 4.57 Å². The van der Waals surface area contributed by atoms with E-state index in [1.165, 1.54) is 21.7 Å². The van der Waals surface area contributed by atoms with Crippen LogP contribution in [0.2, 0.25) is 0 Å². The van der Waals surface area contributed by atoms with E-state index in [1.54, 1.807) is 0 Å². The van der Waals surface area contributed by atoms with Crippen molar-refractivity contribution in [3.8, 4) is 34.1 Å². The van der Waals surface area contributed by atoms with Gasteiger partial charge >= 0.3 is 0 Å². The zero-order valence-corrected chi connectivity index (χ0v) is 22.1. The molecule has 5 nitrogen and oxygen atoms in total. The van der Waals surface area contributed by atoms with Gasteiger partial charge in [0.05, 0.1) is 22.9 Å². The molecule has 5 heteroatoms. The molecule has 0 unspecified atom stereocenters. The summed E-state index contributed by atoms with van der Waals surface area (Å²) in [5.74, 6) is 2.37. The molecule has 0 bridgehead atoms. The molecule has 3 heterocycles. The number of hydrogen-bond donors (Lipinski definition) is 0. The fourth-order valence-corrected chi connectivity index (χ4v) is 5.65. The van der Waals surface area contributed by atoms with Crippen LogP contribution in [0.25, 0.3) is 55.2 Å². The Kier molecular flexibility index (Phi) is 5.38. The summed E-state index contributed by atoms with van der Waals surface area (Å²) in [7, 11) is 0. The molecule has 0 amide bonds. The molecule has 0 aliphatic heterocycles. The van der Waals surface area contributed by atoms with Crippen LogP contribution in [0.5, 0.6) is 11.5 Å². The van der Waals surface area contributed by atoms with E-state index in [1.807, 2.05) is 65.6 Å². The van der Waals surface area contributed by atoms with Crippen LogP contribution in [0.3, 0.4) is 0 Å². The number of pyridine rings is 1. The van der Waals surface area contributed by atoms with Gasteiger partial charge in [-0.05, 0) is 58.8 Å². The van der Waals surface area contributed by atoms with Crippen LogP contribution < -0.4 is 4.74 Å². The van der Waals surface area contributed by atoms with Gasteiger partial charge in [0.2, 0.25) is 0 Å². The molecule has 0 spiro atoms. The van der Waals surface area contributed by atoms with Gasteiger partial charge in [-0.25, -0.2) is 9.67 Å². The summed E-state index contributed by atoms with van der Waals surface area (Å²) >= 11 is 0. The van der Waals surface area contributed by atoms with E-state index in [-0.39, 0.29) is 0 Å². The lowest BCUT2D eigenvalue weighted by molar-refractivity contribution is 0.483. The highest BCUT2D eigenvalue weighted by molar-refractivity contribution is 6.09. The highest BCUT2D eigenvalue weighted by Gasteiger charge is 2.14. The van der Waals surface area contributed by atoms with Gasteiger partial charge in [0.25, 0.3) is 0 Å². The third-order valence-corrected chi connectivity index (χ3v) is 7.52. The minimum atomic E-state index is 0.740. The van der Waals surface area contributed by atoms with Gasteiger partial charge in [0.1, 0.15) is 17.3 Å². The van der Waals surface area contributed by atoms with E-state index in [0.29, 0.717) is 0 Å². The first-order valence-corrected chi connectivity index (χ1v) is 13.6. The number of para-hydroxylation sites is 1. The Bertz CT molecular complexity index is 2190. The molecule has 5 aromatic carbocycles. The SMILES string of the molecule is c1ccc(-n2c3ccccc3c3ccc(Oc4cccc(-n5cc(-c6cccc7ccccc67)cn5)c4)cc32)nc1. The van der Waals surface area contributed by atoms with Crippen LogP contribution in [0.15, 0.2) is 146 Å². The normalized spacial score (nSPS) is 11.4. The topological polar surface area (TPSA) is 44.9 Å². The average molecular weight is 529 g/mol. The van der Waals surface area contributed by atoms with Gasteiger partial charge in [-0.15, -0.1) is 0 Å². The lowest BCUT2D eigenvalue weighted by Gasteiger charge is -2.10. The third kappa shape index (κ3) is 4.03. The van der Waals surface area contributed by atoms with Gasteiger partial charge in [-0.2, -0.15) is 5.10 Å². The maximum Gasteiger partial charge on any atom is 0.137 e. The van der Waals surface area contributed by atoms with E-state index < -0.39 is 0 Å². The van der Waals surface area contributed by atoms with Gasteiger partial charge in [0.15, 0.2) is 0 Å². The average Bonchev–Trinajstić information content (AvgIpc) is 3.65. The minimum absolute atomic E-state index is 0.740. The number of fused-ring (bicyclic) bond motifs is 4. The maximum absolute atomic E-state index is 6.41. The van der Waals surface area contributed by atoms with E-state index in [0.717, 1.165) is 45.0 Å². The van der Waals surface area contributed by atoms with E-state index in [2.05, 4.69) is 99.7 Å². The maximum atomic E-state index is 6.41. The molecule has 0 saturated heterocycles. The van der Waals surface area contributed by atoms with Crippen molar-refractivity contribution in [1.82, 2.24) is 19.3 Å². The Morgan fingerprint density at radius 1 is 0.585 bits per heavy atom.